The number of ether oxygens (including phenoxy) is 1. The Balaban J connectivity index is 1.40. The van der Waals surface area contributed by atoms with E-state index in [-0.39, 0.29) is 11.9 Å². The maximum Gasteiger partial charge on any atom is 0.251 e. The lowest BCUT2D eigenvalue weighted by Gasteiger charge is -2.44. The van der Waals surface area contributed by atoms with Gasteiger partial charge in [-0.15, -0.1) is 0 Å². The molecule has 3 saturated heterocycles. The number of rotatable bonds is 4. The normalized spacial score (nSPS) is 24.8. The molecular formula is C19H20ClN3O2. The molecule has 0 radical (unpaired) electrons. The van der Waals surface area contributed by atoms with E-state index in [0.29, 0.717) is 28.1 Å². The summed E-state index contributed by atoms with van der Waals surface area (Å²) in [6.07, 6.45) is 3.99. The van der Waals surface area contributed by atoms with Gasteiger partial charge in [-0.25, -0.2) is 4.98 Å². The fraction of sp³-hybridized carbons (Fsp3) is 0.368. The Bertz CT molecular complexity index is 758. The van der Waals surface area contributed by atoms with E-state index < -0.39 is 0 Å². The van der Waals surface area contributed by atoms with E-state index in [9.17, 15) is 4.79 Å². The molecule has 5 rings (SSSR count). The highest BCUT2D eigenvalue weighted by molar-refractivity contribution is 6.31. The minimum atomic E-state index is -0.0267. The van der Waals surface area contributed by atoms with Crippen molar-refractivity contribution in [2.75, 3.05) is 19.6 Å². The molecule has 2 bridgehead atoms. The second-order valence-corrected chi connectivity index (χ2v) is 7.04. The zero-order valence-corrected chi connectivity index (χ0v) is 14.6. The predicted octanol–water partition coefficient (Wildman–Crippen LogP) is 3.35. The molecule has 130 valence electrons. The van der Waals surface area contributed by atoms with Gasteiger partial charge in [0.2, 0.25) is 5.88 Å². The number of amides is 1. The minimum absolute atomic E-state index is 0.0267. The molecule has 6 heteroatoms. The Kier molecular flexibility index (Phi) is 4.59. The molecule has 3 fully saturated rings. The maximum atomic E-state index is 12.5. The van der Waals surface area contributed by atoms with E-state index >= 15 is 0 Å². The van der Waals surface area contributed by atoms with Crippen molar-refractivity contribution in [1.29, 1.82) is 0 Å². The smallest absolute Gasteiger partial charge is 0.251 e. The third-order valence-corrected chi connectivity index (χ3v) is 5.32. The Labute approximate surface area is 152 Å². The lowest BCUT2D eigenvalue weighted by molar-refractivity contribution is 0.0620. The number of nitrogens with one attached hydrogen (secondary N) is 1. The van der Waals surface area contributed by atoms with E-state index in [4.69, 9.17) is 16.3 Å². The third-order valence-electron chi connectivity index (χ3n) is 5.03. The summed E-state index contributed by atoms with van der Waals surface area (Å²) in [5.74, 6) is 1.54. The minimum Gasteiger partial charge on any atom is -0.438 e. The molecule has 5 nitrogen and oxygen atoms in total. The van der Waals surface area contributed by atoms with Crippen LogP contribution in [-0.4, -0.2) is 41.5 Å². The van der Waals surface area contributed by atoms with Gasteiger partial charge < -0.3 is 15.0 Å². The average molecular weight is 358 g/mol. The zero-order valence-electron chi connectivity index (χ0n) is 13.8. The summed E-state index contributed by atoms with van der Waals surface area (Å²) in [6.45, 7) is 3.30. The van der Waals surface area contributed by atoms with Gasteiger partial charge in [-0.05, 0) is 68.2 Å². The lowest BCUT2D eigenvalue weighted by Crippen LogP contribution is -2.57. The Hall–Kier alpha value is -2.11. The molecule has 0 saturated carbocycles. The van der Waals surface area contributed by atoms with Gasteiger partial charge in [0.15, 0.2) is 0 Å². The monoisotopic (exact) mass is 357 g/mol. The molecule has 1 N–H and O–H groups in total. The molecule has 0 spiro atoms. The Morgan fingerprint density at radius 2 is 1.96 bits per heavy atom. The van der Waals surface area contributed by atoms with Crippen LogP contribution in [0, 0.1) is 5.92 Å². The average Bonchev–Trinajstić information content (AvgIpc) is 2.65. The maximum absolute atomic E-state index is 12.5. The zero-order chi connectivity index (χ0) is 17.2. The molecule has 25 heavy (non-hydrogen) atoms. The van der Waals surface area contributed by atoms with Crippen LogP contribution in [0.5, 0.6) is 11.6 Å². The van der Waals surface area contributed by atoms with Crippen molar-refractivity contribution in [1.82, 2.24) is 15.2 Å². The van der Waals surface area contributed by atoms with E-state index in [1.807, 2.05) is 0 Å². The number of nitrogens with zero attached hydrogens (tertiary/aromatic N) is 2. The molecule has 3 aliphatic rings. The van der Waals surface area contributed by atoms with Crippen LogP contribution < -0.4 is 10.1 Å². The summed E-state index contributed by atoms with van der Waals surface area (Å²) < 4.78 is 5.65. The first kappa shape index (κ1) is 16.4. The first-order valence-electron chi connectivity index (χ1n) is 8.61. The van der Waals surface area contributed by atoms with Crippen LogP contribution in [0.15, 0.2) is 42.6 Å². The molecule has 1 aromatic heterocycles. The van der Waals surface area contributed by atoms with Gasteiger partial charge in [0, 0.05) is 24.3 Å². The number of hydrogen-bond acceptors (Lipinski definition) is 4. The topological polar surface area (TPSA) is 54.5 Å². The standard InChI is InChI=1S/C19H20ClN3O2/c20-16-2-1-9-21-19(16)25-15-5-3-14(4-6-15)18(24)22-17-12-23-10-7-13(17)8-11-23/h1-6,9,13,17H,7-8,10-12H2,(H,22,24). The molecule has 0 aliphatic carbocycles. The van der Waals surface area contributed by atoms with Crippen LogP contribution in [0.4, 0.5) is 0 Å². The SMILES string of the molecule is O=C(NC1CN2CCC1CC2)c1ccc(Oc2ncccc2Cl)cc1. The van der Waals surface area contributed by atoms with Gasteiger partial charge >= 0.3 is 0 Å². The molecule has 1 unspecified atom stereocenters. The number of halogens is 1. The van der Waals surface area contributed by atoms with Gasteiger partial charge in [0.1, 0.15) is 10.8 Å². The van der Waals surface area contributed by atoms with Crippen molar-refractivity contribution in [2.45, 2.75) is 18.9 Å². The van der Waals surface area contributed by atoms with Crippen molar-refractivity contribution in [3.63, 3.8) is 0 Å². The molecule has 1 atom stereocenters. The molecule has 1 amide bonds. The molecule has 2 aromatic rings. The van der Waals surface area contributed by atoms with Crippen LogP contribution in [0.2, 0.25) is 5.02 Å². The van der Waals surface area contributed by atoms with Crippen molar-refractivity contribution >= 4 is 17.5 Å². The number of carbonyl (C=O) groups is 1. The second kappa shape index (κ2) is 7.02. The van der Waals surface area contributed by atoms with Crippen molar-refractivity contribution in [3.8, 4) is 11.6 Å². The summed E-state index contributed by atoms with van der Waals surface area (Å²) >= 11 is 6.04. The molecule has 1 aromatic carbocycles. The van der Waals surface area contributed by atoms with E-state index in [0.717, 1.165) is 6.54 Å². The van der Waals surface area contributed by atoms with Crippen LogP contribution in [0.1, 0.15) is 23.2 Å². The number of aromatic nitrogens is 1. The Morgan fingerprint density at radius 1 is 1.20 bits per heavy atom. The largest absolute Gasteiger partial charge is 0.438 e. The van der Waals surface area contributed by atoms with E-state index in [1.165, 1.54) is 25.9 Å². The highest BCUT2D eigenvalue weighted by atomic mass is 35.5. The van der Waals surface area contributed by atoms with Crippen molar-refractivity contribution in [3.05, 3.63) is 53.2 Å². The third kappa shape index (κ3) is 3.62. The Morgan fingerprint density at radius 3 is 2.60 bits per heavy atom. The summed E-state index contributed by atoms with van der Waals surface area (Å²) in [7, 11) is 0. The number of fused-ring (bicyclic) bond motifs is 3. The van der Waals surface area contributed by atoms with Crippen molar-refractivity contribution in [2.24, 2.45) is 5.92 Å². The second-order valence-electron chi connectivity index (χ2n) is 6.63. The van der Waals surface area contributed by atoms with Gasteiger partial charge in [-0.1, -0.05) is 11.6 Å². The first-order valence-corrected chi connectivity index (χ1v) is 8.98. The fourth-order valence-electron chi connectivity index (χ4n) is 3.61. The van der Waals surface area contributed by atoms with Crippen LogP contribution in [0.25, 0.3) is 0 Å². The molecule has 4 heterocycles. The van der Waals surface area contributed by atoms with Gasteiger partial charge in [0.25, 0.3) is 5.91 Å². The number of pyridine rings is 1. The highest BCUT2D eigenvalue weighted by Gasteiger charge is 2.34. The lowest BCUT2D eigenvalue weighted by atomic mass is 9.84. The number of hydrogen-bond donors (Lipinski definition) is 1. The van der Waals surface area contributed by atoms with E-state index in [1.54, 1.807) is 42.6 Å². The first-order chi connectivity index (χ1) is 12.2. The molecule has 3 aliphatic heterocycles. The summed E-state index contributed by atoms with van der Waals surface area (Å²) in [6, 6.07) is 10.8. The fourth-order valence-corrected chi connectivity index (χ4v) is 3.77. The number of piperidine rings is 3. The quantitative estimate of drug-likeness (QED) is 0.911. The van der Waals surface area contributed by atoms with Crippen LogP contribution >= 0.6 is 11.6 Å². The summed E-state index contributed by atoms with van der Waals surface area (Å²) in [5.41, 5.74) is 0.635. The highest BCUT2D eigenvalue weighted by Crippen LogP contribution is 2.28. The number of benzene rings is 1. The van der Waals surface area contributed by atoms with Crippen LogP contribution in [-0.2, 0) is 0 Å². The van der Waals surface area contributed by atoms with Gasteiger partial charge in [-0.2, -0.15) is 0 Å². The van der Waals surface area contributed by atoms with Gasteiger partial charge in [-0.3, -0.25) is 4.79 Å². The van der Waals surface area contributed by atoms with Crippen LogP contribution in [0.3, 0.4) is 0 Å². The van der Waals surface area contributed by atoms with Gasteiger partial charge in [0.05, 0.1) is 0 Å². The molecular weight excluding hydrogens is 338 g/mol. The summed E-state index contributed by atoms with van der Waals surface area (Å²) in [4.78, 5) is 19.0. The predicted molar refractivity (Wildman–Crippen MR) is 96.2 cm³/mol. The number of carbonyl (C=O) groups excluding carboxylic acids is 1. The summed E-state index contributed by atoms with van der Waals surface area (Å²) in [5, 5.41) is 3.64. The van der Waals surface area contributed by atoms with Crippen molar-refractivity contribution < 1.29 is 9.53 Å². The van der Waals surface area contributed by atoms with E-state index in [2.05, 4.69) is 15.2 Å².